The lowest BCUT2D eigenvalue weighted by atomic mass is 9.91. The number of rotatable bonds is 15. The number of hydrogen-bond acceptors (Lipinski definition) is 19. The molecule has 0 spiro atoms. The molecule has 96 heavy (non-hydrogen) atoms. The number of esters is 1. The molecule has 11 rings (SSSR count). The fourth-order valence-corrected chi connectivity index (χ4v) is 14.0. The topological polar surface area (TPSA) is 341 Å². The number of hydrogen-bond donors (Lipinski definition) is 4. The molecule has 2 aromatic heterocycles. The summed E-state index contributed by atoms with van der Waals surface area (Å²) in [5.74, 6) is -1.95. The number of carbonyl (C=O) groups excluding carboxylic acids is 5. The highest BCUT2D eigenvalue weighted by Crippen LogP contribution is 2.37. The third-order valence-corrected chi connectivity index (χ3v) is 19.8. The van der Waals surface area contributed by atoms with Gasteiger partial charge in [-0.1, -0.05) is 61.0 Å². The number of sulfone groups is 1. The van der Waals surface area contributed by atoms with Crippen molar-refractivity contribution in [2.45, 2.75) is 129 Å². The number of benzene rings is 5. The molecule has 0 atom stereocenters. The molecular weight excluding hydrogens is 1300 g/mol. The first-order valence-electron chi connectivity index (χ1n) is 30.9. The number of aryl methyl sites for hydroxylation is 4. The van der Waals surface area contributed by atoms with E-state index in [1.807, 2.05) is 25.5 Å². The molecule has 5 heterocycles. The van der Waals surface area contributed by atoms with Crippen LogP contribution in [0.3, 0.4) is 0 Å². The molecule has 29 heteroatoms. The van der Waals surface area contributed by atoms with Crippen LogP contribution in [0.4, 0.5) is 5.69 Å². The Balaban J connectivity index is 0.000000167. The van der Waals surface area contributed by atoms with Crippen LogP contribution in [0.1, 0.15) is 143 Å². The van der Waals surface area contributed by atoms with Gasteiger partial charge in [-0.25, -0.2) is 39.9 Å². The van der Waals surface area contributed by atoms with E-state index in [-0.39, 0.29) is 61.6 Å². The Morgan fingerprint density at radius 3 is 1.99 bits per heavy atom. The maximum Gasteiger partial charge on any atom is 0.326 e. The summed E-state index contributed by atoms with van der Waals surface area (Å²) in [6, 6.07) is 25.2. The molecule has 1 aliphatic carbocycles. The molecule has 3 aliphatic heterocycles. The molecule has 512 valence electrons. The van der Waals surface area contributed by atoms with Gasteiger partial charge in [-0.2, -0.15) is 13.5 Å². The zero-order chi connectivity index (χ0) is 70.4. The Morgan fingerprint density at radius 1 is 0.802 bits per heavy atom. The molecule has 0 saturated heterocycles. The number of methoxy groups -OCH3 is 1. The Labute approximate surface area is 557 Å². The van der Waals surface area contributed by atoms with Gasteiger partial charge >= 0.3 is 16.2 Å². The molecule has 26 nitrogen and oxygen atoms in total. The number of nitrogens with zero attached hydrogens (tertiary/aromatic N) is 6. The van der Waals surface area contributed by atoms with Crippen LogP contribution in [0.2, 0.25) is 0 Å². The molecule has 4 aliphatic rings. The van der Waals surface area contributed by atoms with Crippen molar-refractivity contribution in [2.24, 2.45) is 17.6 Å². The first-order chi connectivity index (χ1) is 45.2. The van der Waals surface area contributed by atoms with E-state index < -0.39 is 59.1 Å². The number of sulfonamides is 1. The van der Waals surface area contributed by atoms with E-state index in [1.54, 1.807) is 72.6 Å². The molecule has 1 saturated carbocycles. The SMILES string of the molecule is CC(C)N1C(=O)c2ccccc2NS1(=O)=O.CCc1cc(C)cc(CC)c1-c1c(OC(=O)C(C)(C)C)n2n(c1=O)CCOCC2.COc1ccccc1C(=O)NS(=O)(=O)c1ccc(C(=O)NC2CC2)cc1.Cc1c(C(=O)c2cnn(C)c2O)ccc(S(C)(=O)=O)c1C1=NOCC1. The van der Waals surface area contributed by atoms with Crippen molar-refractivity contribution in [1.82, 2.24) is 33.5 Å². The van der Waals surface area contributed by atoms with Crippen LogP contribution >= 0.6 is 0 Å². The van der Waals surface area contributed by atoms with Crippen LogP contribution in [-0.4, -0.2) is 134 Å². The normalized spacial score (nSPS) is 14.8. The van der Waals surface area contributed by atoms with E-state index >= 15 is 0 Å². The Kier molecular flexibility index (Phi) is 22.4. The number of amides is 3. The number of anilines is 1. The fraction of sp³-hybridized carbons (Fsp3) is 0.373. The summed E-state index contributed by atoms with van der Waals surface area (Å²) in [7, 11) is -8.43. The van der Waals surface area contributed by atoms with Crippen molar-refractivity contribution in [3.63, 3.8) is 0 Å². The highest BCUT2D eigenvalue weighted by atomic mass is 32.2. The number of ether oxygens (including phenoxy) is 3. The van der Waals surface area contributed by atoms with Crippen molar-refractivity contribution in [2.75, 3.05) is 37.9 Å². The number of aromatic nitrogens is 4. The van der Waals surface area contributed by atoms with Crippen LogP contribution in [0.5, 0.6) is 17.5 Å². The number of ketones is 1. The summed E-state index contributed by atoms with van der Waals surface area (Å²) in [6.45, 7) is 18.9. The largest absolute Gasteiger partial charge is 0.496 e. The van der Waals surface area contributed by atoms with Crippen molar-refractivity contribution < 1.29 is 73.4 Å². The van der Waals surface area contributed by atoms with Gasteiger partial charge in [-0.15, -0.1) is 0 Å². The summed E-state index contributed by atoms with van der Waals surface area (Å²) >= 11 is 0. The maximum absolute atomic E-state index is 13.5. The maximum atomic E-state index is 13.5. The van der Waals surface area contributed by atoms with Gasteiger partial charge in [0, 0.05) is 48.5 Å². The summed E-state index contributed by atoms with van der Waals surface area (Å²) in [5.41, 5.74) is 6.85. The molecule has 4 N–H and O–H groups in total. The average molecular weight is 1380 g/mol. The summed E-state index contributed by atoms with van der Waals surface area (Å²) in [5, 5.41) is 20.6. The second-order valence-electron chi connectivity index (χ2n) is 24.2. The smallest absolute Gasteiger partial charge is 0.326 e. The van der Waals surface area contributed by atoms with Crippen LogP contribution < -0.4 is 29.8 Å². The molecular formula is C67H79N9O17S3. The number of para-hydroxylation sites is 2. The molecule has 3 amide bonds. The van der Waals surface area contributed by atoms with Gasteiger partial charge in [0.25, 0.3) is 33.3 Å². The standard InChI is InChI=1S/C23H32N2O4.C18H18N2O5S.C16H17N3O5S.C10H12N2O3S/c1-7-16-13-15(3)14-17(8-2)18(16)19-20(26)24-9-11-28-12-10-25(24)21(19)29-22(27)23(4,5)6;1-25-16-5-3-2-4-15(16)18(22)20-26(23,24)14-10-6-12(7-11-14)17(21)19-13-8-9-13;1-9-10(15(20)11-8-17-19(2)16(11)21)4-5-13(25(3,22)23)14(9)12-6-7-24-18-12;1-7(2)12-10(13)8-5-3-4-6-9(8)11-16(12,14)15/h13-14H,7-12H2,1-6H3;2-7,10-11,13H,8-9H2,1H3,(H,19,21)(H,20,22);4-5,8,21H,6-7H2,1-3H3;3-7,11H,1-2H3. The van der Waals surface area contributed by atoms with Gasteiger partial charge in [-0.05, 0) is 157 Å². The van der Waals surface area contributed by atoms with Gasteiger partial charge in [0.1, 0.15) is 23.5 Å². The first kappa shape index (κ1) is 72.4. The third kappa shape index (κ3) is 16.3. The van der Waals surface area contributed by atoms with Crippen molar-refractivity contribution in [1.29, 1.82) is 0 Å². The lowest BCUT2D eigenvalue weighted by molar-refractivity contribution is -0.143. The van der Waals surface area contributed by atoms with Crippen LogP contribution in [0, 0.1) is 19.3 Å². The summed E-state index contributed by atoms with van der Waals surface area (Å²) in [4.78, 5) is 80.3. The third-order valence-electron chi connectivity index (χ3n) is 15.7. The van der Waals surface area contributed by atoms with Gasteiger partial charge in [0.15, 0.2) is 15.6 Å². The number of oxime groups is 1. The van der Waals surface area contributed by atoms with Crippen LogP contribution in [0.15, 0.2) is 123 Å². The second-order valence-corrected chi connectivity index (χ2v) is 29.5. The lowest BCUT2D eigenvalue weighted by Crippen LogP contribution is -2.48. The number of aromatic hydroxyl groups is 1. The number of nitrogens with one attached hydrogen (secondary N) is 3. The second kappa shape index (κ2) is 29.7. The lowest BCUT2D eigenvalue weighted by Gasteiger charge is -2.31. The molecule has 0 bridgehead atoms. The predicted octanol–water partition coefficient (Wildman–Crippen LogP) is 7.84. The fourth-order valence-electron chi connectivity index (χ4n) is 10.7. The van der Waals surface area contributed by atoms with E-state index in [2.05, 4.69) is 53.2 Å². The van der Waals surface area contributed by atoms with Crippen molar-refractivity contribution in [3.8, 4) is 28.6 Å². The van der Waals surface area contributed by atoms with Crippen molar-refractivity contribution >= 4 is 70.9 Å². The minimum absolute atomic E-state index is 0.0493. The summed E-state index contributed by atoms with van der Waals surface area (Å²) < 4.78 is 99.1. The minimum atomic E-state index is -4.07. The highest BCUT2D eigenvalue weighted by molar-refractivity contribution is 7.91. The van der Waals surface area contributed by atoms with E-state index in [0.717, 1.165) is 52.9 Å². The van der Waals surface area contributed by atoms with E-state index in [4.69, 9.17) is 19.0 Å². The zero-order valence-electron chi connectivity index (χ0n) is 55.4. The summed E-state index contributed by atoms with van der Waals surface area (Å²) in [6.07, 6.45) is 6.36. The van der Waals surface area contributed by atoms with E-state index in [1.165, 1.54) is 73.1 Å². The zero-order valence-corrected chi connectivity index (χ0v) is 57.9. The predicted molar refractivity (Wildman–Crippen MR) is 358 cm³/mol. The molecule has 0 unspecified atom stereocenters. The van der Waals surface area contributed by atoms with Gasteiger partial charge < -0.3 is 29.5 Å². The average Bonchev–Trinajstić information content (AvgIpc) is 1.69. The molecule has 7 aromatic rings. The van der Waals surface area contributed by atoms with Crippen molar-refractivity contribution in [3.05, 3.63) is 169 Å². The van der Waals surface area contributed by atoms with Gasteiger partial charge in [-0.3, -0.25) is 33.5 Å². The van der Waals surface area contributed by atoms with Gasteiger partial charge in [0.2, 0.25) is 11.8 Å². The van der Waals surface area contributed by atoms with Gasteiger partial charge in [0.05, 0.1) is 77.3 Å². The Hall–Kier alpha value is -9.45. The number of carbonyl (C=O) groups is 5. The van der Waals surface area contributed by atoms with E-state index in [0.29, 0.717) is 84.4 Å². The number of fused-ring (bicyclic) bond motifs is 2. The Morgan fingerprint density at radius 2 is 1.43 bits per heavy atom. The Bertz CT molecular complexity index is 4570. The minimum Gasteiger partial charge on any atom is -0.496 e. The van der Waals surface area contributed by atoms with Crippen LogP contribution in [-0.2, 0) is 77.4 Å². The van der Waals surface area contributed by atoms with E-state index in [9.17, 15) is 59.1 Å². The highest BCUT2D eigenvalue weighted by Gasteiger charge is 2.38. The molecule has 5 aromatic carbocycles. The first-order valence-corrected chi connectivity index (χ1v) is 35.7. The monoisotopic (exact) mass is 1380 g/mol. The molecule has 0 radical (unpaired) electrons. The quantitative estimate of drug-likeness (QED) is 0.0561. The molecule has 1 fully saturated rings. The van der Waals surface area contributed by atoms with Crippen LogP contribution in [0.25, 0.3) is 11.1 Å².